The molecule has 0 aliphatic carbocycles. The zero-order valence-electron chi connectivity index (χ0n) is 15.2. The van der Waals surface area contributed by atoms with Gasteiger partial charge in [0.25, 0.3) is 11.5 Å². The van der Waals surface area contributed by atoms with E-state index in [0.717, 1.165) is 0 Å². The van der Waals surface area contributed by atoms with Crippen LogP contribution in [-0.4, -0.2) is 28.2 Å². The molecule has 0 radical (unpaired) electrons. The Bertz CT molecular complexity index is 934. The van der Waals surface area contributed by atoms with Crippen LogP contribution in [0.1, 0.15) is 42.7 Å². The van der Waals surface area contributed by atoms with Gasteiger partial charge in [-0.2, -0.15) is 5.10 Å². The first-order chi connectivity index (χ1) is 12.8. The topological polar surface area (TPSA) is 116 Å². The van der Waals surface area contributed by atoms with E-state index in [2.05, 4.69) is 10.5 Å². The van der Waals surface area contributed by atoms with Gasteiger partial charge < -0.3 is 9.30 Å². The van der Waals surface area contributed by atoms with Crippen molar-refractivity contribution in [3.05, 3.63) is 68.1 Å². The summed E-state index contributed by atoms with van der Waals surface area (Å²) < 4.78 is 6.64. The van der Waals surface area contributed by atoms with E-state index in [9.17, 15) is 19.7 Å². The van der Waals surface area contributed by atoms with Crippen LogP contribution < -0.4 is 15.7 Å². The normalized spacial score (nSPS) is 11.0. The van der Waals surface area contributed by atoms with Crippen molar-refractivity contribution >= 4 is 17.8 Å². The monoisotopic (exact) mass is 372 g/mol. The predicted molar refractivity (Wildman–Crippen MR) is 100 cm³/mol. The van der Waals surface area contributed by atoms with Gasteiger partial charge in [-0.3, -0.25) is 19.7 Å². The first-order valence-electron chi connectivity index (χ1n) is 8.31. The van der Waals surface area contributed by atoms with Gasteiger partial charge in [0.05, 0.1) is 17.7 Å². The lowest BCUT2D eigenvalue weighted by Gasteiger charge is -2.10. The van der Waals surface area contributed by atoms with E-state index in [1.54, 1.807) is 25.3 Å². The number of aromatic nitrogens is 1. The third-order valence-corrected chi connectivity index (χ3v) is 3.63. The van der Waals surface area contributed by atoms with Crippen LogP contribution in [-0.2, 0) is 0 Å². The summed E-state index contributed by atoms with van der Waals surface area (Å²) in [7, 11) is 0. The number of nitrogens with one attached hydrogen (secondary N) is 1. The largest absolute Gasteiger partial charge is 0.487 e. The number of pyridine rings is 1. The van der Waals surface area contributed by atoms with Gasteiger partial charge in [-0.25, -0.2) is 5.43 Å². The van der Waals surface area contributed by atoms with Crippen molar-refractivity contribution in [1.82, 2.24) is 9.99 Å². The number of hydrogen-bond donors (Lipinski definition) is 1. The Labute approximate surface area is 155 Å². The van der Waals surface area contributed by atoms with E-state index in [1.165, 1.54) is 29.0 Å². The molecule has 0 saturated carbocycles. The van der Waals surface area contributed by atoms with Gasteiger partial charge in [0.1, 0.15) is 5.56 Å². The van der Waals surface area contributed by atoms with Crippen LogP contribution in [0.3, 0.4) is 0 Å². The minimum absolute atomic E-state index is 0.0407. The Morgan fingerprint density at radius 3 is 2.78 bits per heavy atom. The molecule has 0 saturated heterocycles. The van der Waals surface area contributed by atoms with E-state index < -0.39 is 16.4 Å². The highest BCUT2D eigenvalue weighted by Gasteiger charge is 2.15. The molecule has 142 valence electrons. The standard InChI is InChI=1S/C18H20N4O5/c1-4-27-16-8-7-13(10-15(16)22(25)26)11-19-20-17(23)14-6-5-9-21(12(2)3)18(14)24/h5-12H,4H2,1-3H3,(H,20,23)/b19-11-. The fourth-order valence-electron chi connectivity index (χ4n) is 2.35. The molecule has 9 heteroatoms. The molecule has 0 unspecified atom stereocenters. The number of carbonyl (C=O) groups excluding carboxylic acids is 1. The average Bonchev–Trinajstić information content (AvgIpc) is 2.62. The quantitative estimate of drug-likeness (QED) is 0.455. The summed E-state index contributed by atoms with van der Waals surface area (Å²) in [6.07, 6.45) is 2.86. The zero-order chi connectivity index (χ0) is 20.0. The molecule has 1 aromatic carbocycles. The molecule has 0 spiro atoms. The first kappa shape index (κ1) is 19.8. The Balaban J connectivity index is 2.17. The number of ether oxygens (including phenoxy) is 1. The Morgan fingerprint density at radius 1 is 1.41 bits per heavy atom. The summed E-state index contributed by atoms with van der Waals surface area (Å²) in [6.45, 7) is 5.70. The predicted octanol–water partition coefficient (Wildman–Crippen LogP) is 2.50. The van der Waals surface area contributed by atoms with Gasteiger partial charge in [0.15, 0.2) is 5.75 Å². The summed E-state index contributed by atoms with van der Waals surface area (Å²) >= 11 is 0. The lowest BCUT2D eigenvalue weighted by atomic mass is 10.2. The lowest BCUT2D eigenvalue weighted by molar-refractivity contribution is -0.385. The number of hydrazone groups is 1. The van der Waals surface area contributed by atoms with Gasteiger partial charge >= 0.3 is 5.69 Å². The molecule has 1 N–H and O–H groups in total. The molecule has 1 amide bonds. The number of amides is 1. The molecule has 9 nitrogen and oxygen atoms in total. The molecule has 0 aliphatic heterocycles. The van der Waals surface area contributed by atoms with Crippen molar-refractivity contribution in [2.24, 2.45) is 5.10 Å². The number of nitro benzene ring substituents is 1. The van der Waals surface area contributed by atoms with Gasteiger partial charge in [0.2, 0.25) is 0 Å². The fourth-order valence-corrected chi connectivity index (χ4v) is 2.35. The minimum atomic E-state index is -0.660. The molecule has 0 aliphatic rings. The number of hydrogen-bond acceptors (Lipinski definition) is 6. The highest BCUT2D eigenvalue weighted by molar-refractivity contribution is 5.94. The number of benzene rings is 1. The second-order valence-corrected chi connectivity index (χ2v) is 5.84. The minimum Gasteiger partial charge on any atom is -0.487 e. The fraction of sp³-hybridized carbons (Fsp3) is 0.278. The molecule has 2 rings (SSSR count). The van der Waals surface area contributed by atoms with Crippen LogP contribution in [0, 0.1) is 10.1 Å². The maximum absolute atomic E-state index is 12.3. The Kier molecular flexibility index (Phi) is 6.42. The van der Waals surface area contributed by atoms with Crippen LogP contribution in [0.15, 0.2) is 46.4 Å². The maximum atomic E-state index is 12.3. The lowest BCUT2D eigenvalue weighted by Crippen LogP contribution is -2.31. The molecule has 1 aromatic heterocycles. The molecular weight excluding hydrogens is 352 g/mol. The molecule has 2 aromatic rings. The van der Waals surface area contributed by atoms with Crippen molar-refractivity contribution in [3.8, 4) is 5.75 Å². The summed E-state index contributed by atoms with van der Waals surface area (Å²) in [5.74, 6) is -0.506. The number of nitro groups is 1. The first-order valence-corrected chi connectivity index (χ1v) is 8.31. The second-order valence-electron chi connectivity index (χ2n) is 5.84. The molecule has 0 bridgehead atoms. The number of rotatable bonds is 7. The van der Waals surface area contributed by atoms with Crippen molar-refractivity contribution in [2.75, 3.05) is 6.61 Å². The maximum Gasteiger partial charge on any atom is 0.311 e. The van der Waals surface area contributed by atoms with Crippen LogP contribution >= 0.6 is 0 Å². The summed E-state index contributed by atoms with van der Waals surface area (Å²) in [5.41, 5.74) is 2.00. The summed E-state index contributed by atoms with van der Waals surface area (Å²) in [5, 5.41) is 14.9. The van der Waals surface area contributed by atoms with E-state index in [0.29, 0.717) is 12.2 Å². The average molecular weight is 372 g/mol. The van der Waals surface area contributed by atoms with Crippen molar-refractivity contribution in [2.45, 2.75) is 26.8 Å². The van der Waals surface area contributed by atoms with E-state index in [4.69, 9.17) is 4.74 Å². The number of nitrogens with zero attached hydrogens (tertiary/aromatic N) is 3. The van der Waals surface area contributed by atoms with E-state index in [1.807, 2.05) is 13.8 Å². The molecule has 1 heterocycles. The van der Waals surface area contributed by atoms with Crippen LogP contribution in [0.25, 0.3) is 0 Å². The molecule has 0 fully saturated rings. The van der Waals surface area contributed by atoms with Gasteiger partial charge in [-0.05, 0) is 45.0 Å². The van der Waals surface area contributed by atoms with Crippen molar-refractivity contribution < 1.29 is 14.5 Å². The third-order valence-electron chi connectivity index (χ3n) is 3.63. The zero-order valence-corrected chi connectivity index (χ0v) is 15.2. The van der Waals surface area contributed by atoms with Gasteiger partial charge in [-0.15, -0.1) is 0 Å². The van der Waals surface area contributed by atoms with E-state index in [-0.39, 0.29) is 23.0 Å². The summed E-state index contributed by atoms with van der Waals surface area (Å²) in [6, 6.07) is 7.25. The Hall–Kier alpha value is -3.49. The number of carbonyl (C=O) groups is 1. The third kappa shape index (κ3) is 4.78. The smallest absolute Gasteiger partial charge is 0.311 e. The summed E-state index contributed by atoms with van der Waals surface area (Å²) in [4.78, 5) is 35.0. The van der Waals surface area contributed by atoms with Crippen LogP contribution in [0.2, 0.25) is 0 Å². The van der Waals surface area contributed by atoms with Crippen LogP contribution in [0.4, 0.5) is 5.69 Å². The second kappa shape index (κ2) is 8.75. The highest BCUT2D eigenvalue weighted by Crippen LogP contribution is 2.27. The van der Waals surface area contributed by atoms with Crippen molar-refractivity contribution in [3.63, 3.8) is 0 Å². The molecule has 27 heavy (non-hydrogen) atoms. The van der Waals surface area contributed by atoms with E-state index >= 15 is 0 Å². The highest BCUT2D eigenvalue weighted by atomic mass is 16.6. The van der Waals surface area contributed by atoms with Gasteiger partial charge in [-0.1, -0.05) is 0 Å². The van der Waals surface area contributed by atoms with Crippen LogP contribution in [0.5, 0.6) is 5.75 Å². The Morgan fingerprint density at radius 2 is 2.15 bits per heavy atom. The molecule has 0 atom stereocenters. The van der Waals surface area contributed by atoms with Gasteiger partial charge in [0, 0.05) is 23.9 Å². The SMILES string of the molecule is CCOc1ccc(/C=N\NC(=O)c2cccn(C(C)C)c2=O)cc1[N+](=O)[O-]. The van der Waals surface area contributed by atoms with Crippen molar-refractivity contribution in [1.29, 1.82) is 0 Å². The molecular formula is C18H20N4O5.